The van der Waals surface area contributed by atoms with Gasteiger partial charge in [0.05, 0.1) is 12.1 Å². The van der Waals surface area contributed by atoms with Crippen LogP contribution in [-0.2, 0) is 11.3 Å². The third-order valence-corrected chi connectivity index (χ3v) is 5.80. The van der Waals surface area contributed by atoms with Crippen LogP contribution in [0.15, 0.2) is 24.3 Å². The van der Waals surface area contributed by atoms with Crippen LogP contribution in [0, 0.1) is 5.41 Å². The number of piperidine rings is 2. The number of nitrogens with zero attached hydrogens (tertiary/aromatic N) is 4. The number of carbonyl (C=O) groups excluding carboxylic acids is 1. The van der Waals surface area contributed by atoms with Crippen LogP contribution in [0.25, 0.3) is 11.0 Å². The van der Waals surface area contributed by atoms with Crippen molar-refractivity contribution < 1.29 is 4.79 Å². The second-order valence-electron chi connectivity index (χ2n) is 7.18. The van der Waals surface area contributed by atoms with Crippen LogP contribution in [0.4, 0.5) is 0 Å². The monoisotopic (exact) mass is 363 g/mol. The Balaban J connectivity index is 0.00000182. The lowest BCUT2D eigenvalue weighted by Crippen LogP contribution is -2.47. The lowest BCUT2D eigenvalue weighted by Gasteiger charge is -2.44. The molecule has 3 heterocycles. The molecule has 0 atom stereocenters. The Hall–Kier alpha value is -1.66. The SMILES string of the molecule is Cl.O=C(CCn1nnc2ccccc21)N1CCC2(CCNCC2)CC1. The molecule has 25 heavy (non-hydrogen) atoms. The molecule has 2 saturated heterocycles. The molecule has 0 aliphatic carbocycles. The lowest BCUT2D eigenvalue weighted by molar-refractivity contribution is -0.134. The smallest absolute Gasteiger partial charge is 0.224 e. The standard InChI is InChI=1S/C18H25N5O.ClH/c24-17(5-12-23-16-4-2-1-3-15(16)20-21-23)22-13-8-18(9-14-22)6-10-19-11-7-18;/h1-4,19H,5-14H2;1H. The number of halogens is 1. The highest BCUT2D eigenvalue weighted by Crippen LogP contribution is 2.39. The van der Waals surface area contributed by atoms with E-state index in [0.717, 1.165) is 50.1 Å². The number of hydrogen-bond donors (Lipinski definition) is 1. The first-order valence-electron chi connectivity index (χ1n) is 9.03. The zero-order valence-corrected chi connectivity index (χ0v) is 15.3. The summed E-state index contributed by atoms with van der Waals surface area (Å²) in [6, 6.07) is 7.88. The lowest BCUT2D eigenvalue weighted by atomic mass is 9.71. The van der Waals surface area contributed by atoms with Gasteiger partial charge in [0, 0.05) is 19.5 Å². The first-order valence-corrected chi connectivity index (χ1v) is 9.03. The molecule has 2 fully saturated rings. The molecule has 1 N–H and O–H groups in total. The third kappa shape index (κ3) is 3.80. The van der Waals surface area contributed by atoms with E-state index in [4.69, 9.17) is 0 Å². The average Bonchev–Trinajstić information content (AvgIpc) is 3.04. The van der Waals surface area contributed by atoms with E-state index >= 15 is 0 Å². The molecule has 0 radical (unpaired) electrons. The van der Waals surface area contributed by atoms with Gasteiger partial charge in [0.1, 0.15) is 5.52 Å². The minimum atomic E-state index is 0. The summed E-state index contributed by atoms with van der Waals surface area (Å²) in [5, 5.41) is 11.8. The van der Waals surface area contributed by atoms with E-state index in [1.165, 1.54) is 12.8 Å². The fourth-order valence-corrected chi connectivity index (χ4v) is 4.13. The topological polar surface area (TPSA) is 63.1 Å². The number of nitrogens with one attached hydrogen (secondary N) is 1. The van der Waals surface area contributed by atoms with E-state index in [-0.39, 0.29) is 18.3 Å². The molecule has 1 amide bonds. The van der Waals surface area contributed by atoms with Gasteiger partial charge in [-0.2, -0.15) is 0 Å². The highest BCUT2D eigenvalue weighted by atomic mass is 35.5. The van der Waals surface area contributed by atoms with Gasteiger partial charge in [-0.3, -0.25) is 4.79 Å². The number of para-hydroxylation sites is 1. The van der Waals surface area contributed by atoms with E-state index in [1.807, 2.05) is 33.8 Å². The van der Waals surface area contributed by atoms with Gasteiger partial charge < -0.3 is 10.2 Å². The predicted octanol–water partition coefficient (Wildman–Crippen LogP) is 2.24. The van der Waals surface area contributed by atoms with E-state index in [0.29, 0.717) is 18.4 Å². The summed E-state index contributed by atoms with van der Waals surface area (Å²) in [5.74, 6) is 0.248. The van der Waals surface area contributed by atoms with Gasteiger partial charge in [-0.15, -0.1) is 17.5 Å². The quantitative estimate of drug-likeness (QED) is 0.908. The maximum absolute atomic E-state index is 12.6. The molecule has 0 unspecified atom stereocenters. The summed E-state index contributed by atoms with van der Waals surface area (Å²) >= 11 is 0. The Morgan fingerprint density at radius 2 is 1.84 bits per heavy atom. The molecular weight excluding hydrogens is 338 g/mol. The Bertz CT molecular complexity index is 715. The van der Waals surface area contributed by atoms with E-state index in [1.54, 1.807) is 0 Å². The van der Waals surface area contributed by atoms with Crippen LogP contribution in [0.1, 0.15) is 32.1 Å². The van der Waals surface area contributed by atoms with Crippen molar-refractivity contribution in [2.45, 2.75) is 38.6 Å². The molecule has 136 valence electrons. The van der Waals surface area contributed by atoms with Gasteiger partial charge in [0.2, 0.25) is 5.91 Å². The first-order chi connectivity index (χ1) is 11.8. The maximum atomic E-state index is 12.6. The Labute approximate surface area is 154 Å². The van der Waals surface area contributed by atoms with Crippen LogP contribution in [-0.4, -0.2) is 52.0 Å². The number of amides is 1. The van der Waals surface area contributed by atoms with Crippen molar-refractivity contribution in [2.75, 3.05) is 26.2 Å². The van der Waals surface area contributed by atoms with Gasteiger partial charge in [0.25, 0.3) is 0 Å². The third-order valence-electron chi connectivity index (χ3n) is 5.80. The van der Waals surface area contributed by atoms with Crippen LogP contribution >= 0.6 is 12.4 Å². The second-order valence-corrected chi connectivity index (χ2v) is 7.18. The number of fused-ring (bicyclic) bond motifs is 1. The minimum Gasteiger partial charge on any atom is -0.343 e. The van der Waals surface area contributed by atoms with Crippen molar-refractivity contribution in [3.63, 3.8) is 0 Å². The number of aryl methyl sites for hydroxylation is 1. The highest BCUT2D eigenvalue weighted by Gasteiger charge is 2.36. The number of rotatable bonds is 3. The predicted molar refractivity (Wildman–Crippen MR) is 99.7 cm³/mol. The molecule has 1 aromatic heterocycles. The molecule has 6 nitrogen and oxygen atoms in total. The van der Waals surface area contributed by atoms with Crippen LogP contribution < -0.4 is 5.32 Å². The first kappa shape index (κ1) is 18.1. The van der Waals surface area contributed by atoms with Crippen molar-refractivity contribution in [3.05, 3.63) is 24.3 Å². The maximum Gasteiger partial charge on any atom is 0.224 e. The van der Waals surface area contributed by atoms with Crippen molar-refractivity contribution >= 4 is 29.3 Å². The van der Waals surface area contributed by atoms with Gasteiger partial charge >= 0.3 is 0 Å². The molecule has 1 aromatic carbocycles. The number of likely N-dealkylation sites (tertiary alicyclic amines) is 1. The summed E-state index contributed by atoms with van der Waals surface area (Å²) < 4.78 is 1.84. The Morgan fingerprint density at radius 1 is 1.12 bits per heavy atom. The molecule has 2 aromatic rings. The fraction of sp³-hybridized carbons (Fsp3) is 0.611. The average molecular weight is 364 g/mol. The normalized spacial score (nSPS) is 19.8. The summed E-state index contributed by atoms with van der Waals surface area (Å²) in [5.41, 5.74) is 2.37. The van der Waals surface area contributed by atoms with Crippen LogP contribution in [0.3, 0.4) is 0 Å². The fourth-order valence-electron chi connectivity index (χ4n) is 4.13. The molecule has 4 rings (SSSR count). The summed E-state index contributed by atoms with van der Waals surface area (Å²) in [6.45, 7) is 4.69. The van der Waals surface area contributed by atoms with Crippen molar-refractivity contribution in [1.82, 2.24) is 25.2 Å². The van der Waals surface area contributed by atoms with Gasteiger partial charge in [-0.25, -0.2) is 4.68 Å². The van der Waals surface area contributed by atoms with E-state index in [9.17, 15) is 4.79 Å². The van der Waals surface area contributed by atoms with Crippen molar-refractivity contribution in [3.8, 4) is 0 Å². The van der Waals surface area contributed by atoms with Crippen LogP contribution in [0.5, 0.6) is 0 Å². The van der Waals surface area contributed by atoms with Gasteiger partial charge in [-0.1, -0.05) is 17.3 Å². The summed E-state index contributed by atoms with van der Waals surface area (Å²) in [6.07, 6.45) is 5.35. The summed E-state index contributed by atoms with van der Waals surface area (Å²) in [7, 11) is 0. The number of carbonyl (C=O) groups is 1. The molecule has 2 aliphatic rings. The number of hydrogen-bond acceptors (Lipinski definition) is 4. The van der Waals surface area contributed by atoms with E-state index in [2.05, 4.69) is 15.6 Å². The molecule has 0 saturated carbocycles. The molecule has 0 bridgehead atoms. The minimum absolute atomic E-state index is 0. The van der Waals surface area contributed by atoms with E-state index < -0.39 is 0 Å². The van der Waals surface area contributed by atoms with Gasteiger partial charge in [-0.05, 0) is 56.3 Å². The molecule has 2 aliphatic heterocycles. The molecule has 1 spiro atoms. The zero-order chi connectivity index (χ0) is 16.4. The Kier molecular flexibility index (Phi) is 5.59. The largest absolute Gasteiger partial charge is 0.343 e. The summed E-state index contributed by atoms with van der Waals surface area (Å²) in [4.78, 5) is 14.6. The van der Waals surface area contributed by atoms with Crippen molar-refractivity contribution in [1.29, 1.82) is 0 Å². The van der Waals surface area contributed by atoms with Crippen molar-refractivity contribution in [2.24, 2.45) is 5.41 Å². The molecular formula is C18H26ClN5O. The second kappa shape index (κ2) is 7.70. The van der Waals surface area contributed by atoms with Crippen LogP contribution in [0.2, 0.25) is 0 Å². The Morgan fingerprint density at radius 3 is 2.60 bits per heavy atom. The number of aromatic nitrogens is 3. The molecule has 7 heteroatoms. The number of benzene rings is 1. The van der Waals surface area contributed by atoms with Gasteiger partial charge in [0.15, 0.2) is 0 Å². The zero-order valence-electron chi connectivity index (χ0n) is 14.5. The highest BCUT2D eigenvalue weighted by molar-refractivity contribution is 5.85.